The standard InChI is InChI=1S/C16H31N3O2/c1-4-19(5-2)16(21)12(3)18-15(20)14-8-6-7-13(11-14)9-10-17/h12-14H,4-11,17H2,1-3H3,(H,18,20). The Hall–Kier alpha value is -1.10. The van der Waals surface area contributed by atoms with Crippen molar-refractivity contribution < 1.29 is 9.59 Å². The largest absolute Gasteiger partial charge is 0.344 e. The smallest absolute Gasteiger partial charge is 0.244 e. The van der Waals surface area contributed by atoms with E-state index in [1.165, 1.54) is 6.42 Å². The van der Waals surface area contributed by atoms with Gasteiger partial charge < -0.3 is 16.0 Å². The molecule has 122 valence electrons. The van der Waals surface area contributed by atoms with Gasteiger partial charge >= 0.3 is 0 Å². The molecule has 5 heteroatoms. The van der Waals surface area contributed by atoms with Crippen LogP contribution in [0, 0.1) is 11.8 Å². The molecule has 0 radical (unpaired) electrons. The van der Waals surface area contributed by atoms with Crippen LogP contribution in [0.25, 0.3) is 0 Å². The topological polar surface area (TPSA) is 75.4 Å². The number of carbonyl (C=O) groups excluding carboxylic acids is 2. The fourth-order valence-corrected chi connectivity index (χ4v) is 3.23. The molecular formula is C16H31N3O2. The first-order valence-corrected chi connectivity index (χ1v) is 8.32. The molecule has 0 aliphatic heterocycles. The van der Waals surface area contributed by atoms with E-state index >= 15 is 0 Å². The van der Waals surface area contributed by atoms with Crippen LogP contribution in [0.1, 0.15) is 52.9 Å². The van der Waals surface area contributed by atoms with Crippen LogP contribution in [0.5, 0.6) is 0 Å². The number of nitrogens with zero attached hydrogens (tertiary/aromatic N) is 1. The van der Waals surface area contributed by atoms with E-state index in [-0.39, 0.29) is 17.7 Å². The Morgan fingerprint density at radius 1 is 1.29 bits per heavy atom. The zero-order valence-corrected chi connectivity index (χ0v) is 13.7. The van der Waals surface area contributed by atoms with Crippen LogP contribution in [0.4, 0.5) is 0 Å². The lowest BCUT2D eigenvalue weighted by Crippen LogP contribution is -2.48. The first-order chi connectivity index (χ1) is 10.0. The molecule has 0 aromatic carbocycles. The molecule has 0 spiro atoms. The second-order valence-corrected chi connectivity index (χ2v) is 6.05. The highest BCUT2D eigenvalue weighted by molar-refractivity contribution is 5.88. The Kier molecular flexibility index (Phi) is 7.72. The molecule has 3 atom stereocenters. The number of nitrogens with two attached hydrogens (primary N) is 1. The molecule has 0 aromatic heterocycles. The maximum atomic E-state index is 12.3. The van der Waals surface area contributed by atoms with Crippen LogP contribution in [0.3, 0.4) is 0 Å². The zero-order chi connectivity index (χ0) is 15.8. The summed E-state index contributed by atoms with van der Waals surface area (Å²) < 4.78 is 0. The molecule has 3 N–H and O–H groups in total. The van der Waals surface area contributed by atoms with E-state index in [0.717, 1.165) is 25.7 Å². The average molecular weight is 297 g/mol. The Morgan fingerprint density at radius 3 is 2.52 bits per heavy atom. The van der Waals surface area contributed by atoms with Crippen molar-refractivity contribution in [3.63, 3.8) is 0 Å². The van der Waals surface area contributed by atoms with Crippen LogP contribution in [0.15, 0.2) is 0 Å². The fourth-order valence-electron chi connectivity index (χ4n) is 3.23. The minimum atomic E-state index is -0.438. The molecule has 3 unspecified atom stereocenters. The van der Waals surface area contributed by atoms with Crippen molar-refractivity contribution in [3.05, 3.63) is 0 Å². The molecule has 1 aliphatic carbocycles. The summed E-state index contributed by atoms with van der Waals surface area (Å²) in [6.45, 7) is 7.73. The number of hydrogen-bond donors (Lipinski definition) is 2. The molecule has 0 bridgehead atoms. The van der Waals surface area contributed by atoms with E-state index in [0.29, 0.717) is 25.6 Å². The molecule has 1 aliphatic rings. The summed E-state index contributed by atoms with van der Waals surface area (Å²) in [4.78, 5) is 26.3. The quantitative estimate of drug-likeness (QED) is 0.748. The van der Waals surface area contributed by atoms with Gasteiger partial charge in [-0.3, -0.25) is 9.59 Å². The maximum absolute atomic E-state index is 12.3. The molecule has 21 heavy (non-hydrogen) atoms. The average Bonchev–Trinajstić information content (AvgIpc) is 2.48. The number of amides is 2. The van der Waals surface area contributed by atoms with Crippen molar-refractivity contribution in [1.29, 1.82) is 0 Å². The highest BCUT2D eigenvalue weighted by Gasteiger charge is 2.29. The lowest BCUT2D eigenvalue weighted by atomic mass is 9.79. The second-order valence-electron chi connectivity index (χ2n) is 6.05. The van der Waals surface area contributed by atoms with Crippen molar-refractivity contribution in [1.82, 2.24) is 10.2 Å². The molecule has 0 aromatic rings. The first kappa shape index (κ1) is 18.0. The second kappa shape index (κ2) is 9.03. The first-order valence-electron chi connectivity index (χ1n) is 8.32. The van der Waals surface area contributed by atoms with E-state index in [2.05, 4.69) is 5.32 Å². The van der Waals surface area contributed by atoms with Gasteiger partial charge in [-0.1, -0.05) is 12.8 Å². The highest BCUT2D eigenvalue weighted by atomic mass is 16.2. The Bertz CT molecular complexity index is 340. The zero-order valence-electron chi connectivity index (χ0n) is 13.7. The predicted molar refractivity (Wildman–Crippen MR) is 84.7 cm³/mol. The van der Waals surface area contributed by atoms with E-state index in [9.17, 15) is 9.59 Å². The maximum Gasteiger partial charge on any atom is 0.244 e. The minimum Gasteiger partial charge on any atom is -0.344 e. The van der Waals surface area contributed by atoms with Gasteiger partial charge in [-0.15, -0.1) is 0 Å². The minimum absolute atomic E-state index is 0.00247. The Morgan fingerprint density at radius 2 is 1.95 bits per heavy atom. The summed E-state index contributed by atoms with van der Waals surface area (Å²) in [5.41, 5.74) is 5.61. The van der Waals surface area contributed by atoms with Gasteiger partial charge in [0.15, 0.2) is 0 Å². The van der Waals surface area contributed by atoms with Crippen LogP contribution >= 0.6 is 0 Å². The molecule has 1 fully saturated rings. The van der Waals surface area contributed by atoms with Crippen molar-refractivity contribution in [2.45, 2.75) is 58.9 Å². The lowest BCUT2D eigenvalue weighted by Gasteiger charge is -2.30. The van der Waals surface area contributed by atoms with Crippen molar-refractivity contribution in [2.24, 2.45) is 17.6 Å². The predicted octanol–water partition coefficient (Wildman–Crippen LogP) is 1.51. The summed E-state index contributed by atoms with van der Waals surface area (Å²) in [6, 6.07) is -0.438. The monoisotopic (exact) mass is 297 g/mol. The van der Waals surface area contributed by atoms with E-state index < -0.39 is 6.04 Å². The van der Waals surface area contributed by atoms with Crippen LogP contribution in [-0.2, 0) is 9.59 Å². The molecule has 1 rings (SSSR count). The van der Waals surface area contributed by atoms with Crippen molar-refractivity contribution in [2.75, 3.05) is 19.6 Å². The SMILES string of the molecule is CCN(CC)C(=O)C(C)NC(=O)C1CCCC(CCN)C1. The van der Waals surface area contributed by atoms with Gasteiger partial charge in [0.1, 0.15) is 6.04 Å². The van der Waals surface area contributed by atoms with Gasteiger partial charge in [-0.2, -0.15) is 0 Å². The number of hydrogen-bond acceptors (Lipinski definition) is 3. The van der Waals surface area contributed by atoms with Gasteiger partial charge in [0.25, 0.3) is 0 Å². The third-order valence-corrected chi connectivity index (χ3v) is 4.53. The van der Waals surface area contributed by atoms with Gasteiger partial charge in [0.2, 0.25) is 11.8 Å². The van der Waals surface area contributed by atoms with E-state index in [4.69, 9.17) is 5.73 Å². The Labute approximate surface area is 128 Å². The third kappa shape index (κ3) is 5.30. The summed E-state index contributed by atoms with van der Waals surface area (Å²) in [6.07, 6.45) is 5.10. The number of rotatable bonds is 7. The summed E-state index contributed by atoms with van der Waals surface area (Å²) in [5, 5.41) is 2.90. The van der Waals surface area contributed by atoms with E-state index in [1.807, 2.05) is 13.8 Å². The fraction of sp³-hybridized carbons (Fsp3) is 0.875. The van der Waals surface area contributed by atoms with Gasteiger partial charge in [-0.25, -0.2) is 0 Å². The Balaban J connectivity index is 2.49. The van der Waals surface area contributed by atoms with Crippen LogP contribution < -0.4 is 11.1 Å². The number of nitrogens with one attached hydrogen (secondary N) is 1. The molecular weight excluding hydrogens is 266 g/mol. The molecule has 0 heterocycles. The van der Waals surface area contributed by atoms with Crippen molar-refractivity contribution >= 4 is 11.8 Å². The van der Waals surface area contributed by atoms with Gasteiger partial charge in [-0.05, 0) is 52.5 Å². The van der Waals surface area contributed by atoms with Gasteiger partial charge in [0.05, 0.1) is 0 Å². The van der Waals surface area contributed by atoms with E-state index in [1.54, 1.807) is 11.8 Å². The van der Waals surface area contributed by atoms with Gasteiger partial charge in [0, 0.05) is 19.0 Å². The van der Waals surface area contributed by atoms with Crippen LogP contribution in [-0.4, -0.2) is 42.4 Å². The molecule has 2 amide bonds. The normalized spacial score (nSPS) is 23.4. The molecule has 0 saturated heterocycles. The summed E-state index contributed by atoms with van der Waals surface area (Å²) >= 11 is 0. The third-order valence-electron chi connectivity index (χ3n) is 4.53. The highest BCUT2D eigenvalue weighted by Crippen LogP contribution is 2.31. The summed E-state index contributed by atoms with van der Waals surface area (Å²) in [5.74, 6) is 0.642. The van der Waals surface area contributed by atoms with Crippen LogP contribution in [0.2, 0.25) is 0 Å². The van der Waals surface area contributed by atoms with Crippen molar-refractivity contribution in [3.8, 4) is 0 Å². The number of likely N-dealkylation sites (N-methyl/N-ethyl adjacent to an activating group) is 1. The molecule has 1 saturated carbocycles. The number of carbonyl (C=O) groups is 2. The summed E-state index contributed by atoms with van der Waals surface area (Å²) in [7, 11) is 0. The molecule has 5 nitrogen and oxygen atoms in total. The lowest BCUT2D eigenvalue weighted by molar-refractivity contribution is -0.137.